The van der Waals surface area contributed by atoms with Crippen molar-refractivity contribution in [2.24, 2.45) is 0 Å². The molecule has 0 aliphatic carbocycles. The zero-order chi connectivity index (χ0) is 76.3. The molecule has 0 radical (unpaired) electrons. The zero-order valence-electron chi connectivity index (χ0n) is 62.9. The molecule has 0 amide bonds. The van der Waals surface area contributed by atoms with Crippen LogP contribution in [-0.2, 0) is 18.6 Å². The van der Waals surface area contributed by atoms with E-state index in [4.69, 9.17) is 58.5 Å². The van der Waals surface area contributed by atoms with Crippen LogP contribution in [-0.4, -0.2) is 81.5 Å². The Bertz CT molecular complexity index is 5490. The molecule has 3 aromatic heterocycles. The third-order valence-corrected chi connectivity index (χ3v) is 21.6. The summed E-state index contributed by atoms with van der Waals surface area (Å²) in [5, 5.41) is 4.56. The predicted octanol–water partition coefficient (Wildman–Crippen LogP) is 22.3. The Morgan fingerprint density at radius 1 is 0.205 bits per heavy atom. The van der Waals surface area contributed by atoms with E-state index in [-0.39, 0.29) is 29.8 Å². The number of hydrogen-bond acceptors (Lipinski definition) is 13. The van der Waals surface area contributed by atoms with Gasteiger partial charge in [-0.1, -0.05) is 339 Å². The molecule has 0 spiro atoms. The lowest BCUT2D eigenvalue weighted by atomic mass is 9.71. The van der Waals surface area contributed by atoms with Crippen molar-refractivity contribution in [3.63, 3.8) is 0 Å². The third kappa shape index (κ3) is 16.0. The highest BCUT2D eigenvalue weighted by atomic mass is 79.9. The van der Waals surface area contributed by atoms with Crippen LogP contribution >= 0.6 is 15.9 Å². The molecule has 5 heterocycles. The van der Waals surface area contributed by atoms with Gasteiger partial charge in [-0.2, -0.15) is 0 Å². The fourth-order valence-corrected chi connectivity index (χ4v) is 13.8. The molecule has 548 valence electrons. The summed E-state index contributed by atoms with van der Waals surface area (Å²) in [5.41, 5.74) is 13.6. The van der Waals surface area contributed by atoms with Crippen LogP contribution in [0.1, 0.15) is 62.8 Å². The van der Waals surface area contributed by atoms with E-state index in [1.807, 2.05) is 206 Å². The lowest BCUT2D eigenvalue weighted by molar-refractivity contribution is 0.00578. The molecule has 0 N–H and O–H groups in total. The van der Waals surface area contributed by atoms with Crippen LogP contribution in [0.3, 0.4) is 0 Å². The monoisotopic (exact) mass is 1530 g/mol. The van der Waals surface area contributed by atoms with Gasteiger partial charge in [0.05, 0.1) is 22.4 Å². The second kappa shape index (κ2) is 32.1. The van der Waals surface area contributed by atoms with Crippen LogP contribution in [0.5, 0.6) is 0 Å². The lowest BCUT2D eigenvalue weighted by Gasteiger charge is -2.32. The number of halogens is 1. The molecule has 2 aliphatic rings. The molecule has 13 aromatic carbocycles. The summed E-state index contributed by atoms with van der Waals surface area (Å²) in [6.45, 7) is 16.6. The van der Waals surface area contributed by atoms with Gasteiger partial charge in [-0.05, 0) is 122 Å². The van der Waals surface area contributed by atoms with Gasteiger partial charge >= 0.3 is 14.2 Å². The van der Waals surface area contributed by atoms with E-state index in [1.165, 1.54) is 10.8 Å². The van der Waals surface area contributed by atoms with Gasteiger partial charge in [-0.3, -0.25) is 0 Å². The van der Waals surface area contributed by atoms with E-state index in [1.54, 1.807) is 0 Å². The van der Waals surface area contributed by atoms with Crippen LogP contribution in [0.15, 0.2) is 332 Å². The molecular formula is C96H82B2BrN9O4. The first kappa shape index (κ1) is 75.3. The molecular weight excluding hydrogens is 1440 g/mol. The Morgan fingerprint density at radius 2 is 0.393 bits per heavy atom. The minimum absolute atomic E-state index is 0. The highest BCUT2D eigenvalue weighted by Gasteiger charge is 2.54. The molecule has 18 rings (SSSR count). The maximum absolute atomic E-state index is 6.31. The van der Waals surface area contributed by atoms with Gasteiger partial charge in [0.25, 0.3) is 0 Å². The number of nitrogens with zero attached hydrogens (tertiary/aromatic N) is 9. The van der Waals surface area contributed by atoms with Crippen molar-refractivity contribution in [1.82, 2.24) is 44.9 Å². The first-order valence-electron chi connectivity index (χ1n) is 37.2. The fraction of sp³-hybridized carbons (Fsp3) is 0.135. The van der Waals surface area contributed by atoms with Crippen molar-refractivity contribution in [1.29, 1.82) is 0 Å². The van der Waals surface area contributed by atoms with Crippen molar-refractivity contribution in [2.75, 3.05) is 0 Å². The predicted molar refractivity (Wildman–Crippen MR) is 460 cm³/mol. The highest BCUT2D eigenvalue weighted by molar-refractivity contribution is 9.10. The van der Waals surface area contributed by atoms with Crippen LogP contribution in [0.25, 0.3) is 146 Å². The topological polar surface area (TPSA) is 153 Å². The SMILES string of the molecule is Brc1ccc(-c2nc(-c3ccccc3)nc(-c3ccccc3)n2)cc1.C.CC1(C)OB(c2cccc3c(B4OC(C)(C)C(C)(C)O4)cccc23)OC1(C)C.c1ccc(-c2nc(-c3ccccc3)nc(-c3ccc(-c4cccc5c(-c6ccc(-c7nc(-c8ccccc8)nc(-c8ccccc8)n7)cc6)cccc45)cc3)n2)cc1. The molecule has 112 heavy (non-hydrogen) atoms. The van der Waals surface area contributed by atoms with E-state index in [0.29, 0.717) is 52.4 Å². The molecule has 2 aliphatic heterocycles. The maximum Gasteiger partial charge on any atom is 0.495 e. The van der Waals surface area contributed by atoms with Gasteiger partial charge in [0.15, 0.2) is 52.4 Å². The molecule has 0 atom stereocenters. The second-order valence-electron chi connectivity index (χ2n) is 29.4. The van der Waals surface area contributed by atoms with Gasteiger partial charge in [0.2, 0.25) is 0 Å². The Hall–Kier alpha value is -12.1. The summed E-state index contributed by atoms with van der Waals surface area (Å²) >= 11 is 3.47. The summed E-state index contributed by atoms with van der Waals surface area (Å²) in [6.07, 6.45) is 0. The Balaban J connectivity index is 0.000000152. The minimum Gasteiger partial charge on any atom is -0.399 e. The Labute approximate surface area is 663 Å². The van der Waals surface area contributed by atoms with E-state index in [9.17, 15) is 0 Å². The largest absolute Gasteiger partial charge is 0.495 e. The molecule has 0 bridgehead atoms. The van der Waals surface area contributed by atoms with Crippen molar-refractivity contribution in [3.05, 3.63) is 332 Å². The van der Waals surface area contributed by atoms with E-state index in [0.717, 1.165) is 98.5 Å². The van der Waals surface area contributed by atoms with E-state index < -0.39 is 14.2 Å². The number of hydrogen-bond donors (Lipinski definition) is 0. The Morgan fingerprint density at radius 3 is 0.625 bits per heavy atom. The zero-order valence-corrected chi connectivity index (χ0v) is 64.5. The normalized spacial score (nSPS) is 14.3. The second-order valence-corrected chi connectivity index (χ2v) is 30.4. The van der Waals surface area contributed by atoms with Gasteiger partial charge in [-0.25, -0.2) is 44.9 Å². The first-order valence-corrected chi connectivity index (χ1v) is 38.0. The molecule has 0 saturated carbocycles. The first-order chi connectivity index (χ1) is 53.9. The minimum atomic E-state index is -0.401. The quantitative estimate of drug-likeness (QED) is 0.101. The van der Waals surface area contributed by atoms with E-state index in [2.05, 4.69) is 198 Å². The highest BCUT2D eigenvalue weighted by Crippen LogP contribution is 2.41. The Kier molecular flexibility index (Phi) is 21.5. The lowest BCUT2D eigenvalue weighted by Crippen LogP contribution is -2.41. The molecule has 16 heteroatoms. The van der Waals surface area contributed by atoms with Crippen LogP contribution < -0.4 is 10.9 Å². The molecule has 2 saturated heterocycles. The van der Waals surface area contributed by atoms with Crippen LogP contribution in [0.2, 0.25) is 0 Å². The summed E-state index contributed by atoms with van der Waals surface area (Å²) < 4.78 is 26.2. The standard InChI is InChI=1S/C52H34N6.C22H30B2O4.C21H14BrN3.CH4/c1-5-15-37(16-6-1)47-53-48(38-17-7-2-8-18-38)56-51(55-47)41-31-27-35(28-32-41)43-23-13-26-46-44(24-14-25-45(43)46)36-29-33-42(34-30-36)52-57-49(39-19-9-3-10-20-39)54-50(58-52)40-21-11-4-12-22-40;1-19(2)20(3,4)26-23(25-19)17-13-9-12-16-15(17)11-10-14-18(16)24-27-21(5,6)22(7,8)28-24;22-18-13-11-17(12-14-18)21-24-19(15-7-3-1-4-8-15)23-20(25-21)16-9-5-2-6-10-16;/h1-34H;9-14H,1-8H3;1-14H;1H4. The molecule has 0 unspecified atom stereocenters. The number of aromatic nitrogens is 9. The smallest absolute Gasteiger partial charge is 0.399 e. The maximum atomic E-state index is 6.31. The summed E-state index contributed by atoms with van der Waals surface area (Å²) in [6, 6.07) is 111. The molecule has 16 aromatic rings. The van der Waals surface area contributed by atoms with Gasteiger partial charge < -0.3 is 18.6 Å². The average molecular weight is 1530 g/mol. The number of fused-ring (bicyclic) bond motifs is 2. The van der Waals surface area contributed by atoms with E-state index >= 15 is 0 Å². The van der Waals surface area contributed by atoms with Gasteiger partial charge in [-0.15, -0.1) is 0 Å². The van der Waals surface area contributed by atoms with Crippen LogP contribution in [0.4, 0.5) is 0 Å². The number of benzene rings is 13. The van der Waals surface area contributed by atoms with Crippen molar-refractivity contribution in [2.45, 2.75) is 85.2 Å². The van der Waals surface area contributed by atoms with Crippen molar-refractivity contribution in [3.8, 4) is 125 Å². The average Bonchev–Trinajstić information content (AvgIpc) is 1.56. The fourth-order valence-electron chi connectivity index (χ4n) is 13.5. The molecule has 13 nitrogen and oxygen atoms in total. The van der Waals surface area contributed by atoms with Gasteiger partial charge in [0.1, 0.15) is 0 Å². The summed E-state index contributed by atoms with van der Waals surface area (Å²) in [5.74, 6) is 5.85. The third-order valence-electron chi connectivity index (χ3n) is 21.0. The van der Waals surface area contributed by atoms with Gasteiger partial charge in [0, 0.05) is 54.5 Å². The summed E-state index contributed by atoms with van der Waals surface area (Å²) in [7, 11) is -0.801. The number of rotatable bonds is 13. The summed E-state index contributed by atoms with van der Waals surface area (Å²) in [4.78, 5) is 43.5. The molecule has 2 fully saturated rings. The van der Waals surface area contributed by atoms with Crippen molar-refractivity contribution < 1.29 is 18.6 Å². The van der Waals surface area contributed by atoms with Crippen molar-refractivity contribution >= 4 is 62.6 Å². The van der Waals surface area contributed by atoms with Crippen LogP contribution in [0, 0.1) is 0 Å².